The highest BCUT2D eigenvalue weighted by molar-refractivity contribution is 9.10. The summed E-state index contributed by atoms with van der Waals surface area (Å²) in [6, 6.07) is 10.3. The predicted octanol–water partition coefficient (Wildman–Crippen LogP) is 4.22. The number of hydrogen-bond acceptors (Lipinski definition) is 3. The topological polar surface area (TPSA) is 38.0 Å². The number of nitrogens with two attached hydrogens (primary N) is 1. The molecule has 18 heavy (non-hydrogen) atoms. The highest BCUT2D eigenvalue weighted by atomic mass is 79.9. The van der Waals surface area contributed by atoms with Crippen molar-refractivity contribution in [1.82, 2.24) is 5.43 Å². The molecule has 1 aromatic carbocycles. The first-order valence-electron chi connectivity index (χ1n) is 5.56. The number of thiophene rings is 1. The Balaban J connectivity index is 2.19. The minimum atomic E-state index is 0.0941. The molecule has 2 aromatic rings. The minimum Gasteiger partial charge on any atom is -0.271 e. The van der Waals surface area contributed by atoms with Gasteiger partial charge in [-0.3, -0.25) is 11.3 Å². The lowest BCUT2D eigenvalue weighted by molar-refractivity contribution is 0.555. The summed E-state index contributed by atoms with van der Waals surface area (Å²) in [6.45, 7) is 2.07. The Labute approximate surface area is 124 Å². The summed E-state index contributed by atoms with van der Waals surface area (Å²) in [4.78, 5) is 1.22. The smallest absolute Gasteiger partial charge is 0.0931 e. The monoisotopic (exact) mass is 344 g/mol. The minimum absolute atomic E-state index is 0.0941. The molecule has 0 amide bonds. The molecule has 0 radical (unpaired) electrons. The third-order valence-electron chi connectivity index (χ3n) is 2.83. The summed E-state index contributed by atoms with van der Waals surface area (Å²) < 4.78 is 1.91. The van der Waals surface area contributed by atoms with Gasteiger partial charge in [0.15, 0.2) is 0 Å². The average molecular weight is 346 g/mol. The van der Waals surface area contributed by atoms with Gasteiger partial charge in [-0.25, -0.2) is 0 Å². The fourth-order valence-corrected chi connectivity index (χ4v) is 3.29. The SMILES string of the molecule is Cc1ccc(C(Cc2ccc(Cl)s2)NN)cc1Br. The second-order valence-electron chi connectivity index (χ2n) is 4.14. The van der Waals surface area contributed by atoms with Crippen LogP contribution in [-0.4, -0.2) is 0 Å². The maximum Gasteiger partial charge on any atom is 0.0931 e. The lowest BCUT2D eigenvalue weighted by atomic mass is 10.0. The standard InChI is InChI=1S/C13H14BrClN2S/c1-8-2-3-9(6-11(8)14)12(17-16)7-10-4-5-13(15)18-10/h2-6,12,17H,7,16H2,1H3. The molecule has 0 bridgehead atoms. The Morgan fingerprint density at radius 2 is 2.17 bits per heavy atom. The van der Waals surface area contributed by atoms with Gasteiger partial charge < -0.3 is 0 Å². The van der Waals surface area contributed by atoms with Gasteiger partial charge in [0.25, 0.3) is 0 Å². The third-order valence-corrected chi connectivity index (χ3v) is 4.94. The van der Waals surface area contributed by atoms with Crippen molar-refractivity contribution in [3.05, 3.63) is 55.1 Å². The first kappa shape index (κ1) is 14.0. The first-order valence-corrected chi connectivity index (χ1v) is 7.55. The van der Waals surface area contributed by atoms with Crippen molar-refractivity contribution >= 4 is 38.9 Å². The number of hydrazine groups is 1. The molecule has 2 nitrogen and oxygen atoms in total. The lowest BCUT2D eigenvalue weighted by Crippen LogP contribution is -2.29. The van der Waals surface area contributed by atoms with Crippen molar-refractivity contribution in [2.75, 3.05) is 0 Å². The van der Waals surface area contributed by atoms with Crippen LogP contribution in [0.25, 0.3) is 0 Å². The average Bonchev–Trinajstić information content (AvgIpc) is 2.75. The van der Waals surface area contributed by atoms with Gasteiger partial charge >= 0.3 is 0 Å². The van der Waals surface area contributed by atoms with Crippen LogP contribution in [0.4, 0.5) is 0 Å². The van der Waals surface area contributed by atoms with Crippen molar-refractivity contribution in [3.8, 4) is 0 Å². The molecule has 96 valence electrons. The molecule has 2 rings (SSSR count). The second-order valence-corrected chi connectivity index (χ2v) is 6.79. The van der Waals surface area contributed by atoms with E-state index >= 15 is 0 Å². The Morgan fingerprint density at radius 3 is 2.72 bits per heavy atom. The summed E-state index contributed by atoms with van der Waals surface area (Å²) in [5.41, 5.74) is 5.25. The summed E-state index contributed by atoms with van der Waals surface area (Å²) in [6.07, 6.45) is 0.837. The number of nitrogens with one attached hydrogen (secondary N) is 1. The highest BCUT2D eigenvalue weighted by Crippen LogP contribution is 2.28. The van der Waals surface area contributed by atoms with Gasteiger partial charge in [0.05, 0.1) is 10.4 Å². The van der Waals surface area contributed by atoms with Gasteiger partial charge in [-0.2, -0.15) is 0 Å². The first-order chi connectivity index (χ1) is 8.60. The van der Waals surface area contributed by atoms with Crippen LogP contribution in [0.5, 0.6) is 0 Å². The van der Waals surface area contributed by atoms with Gasteiger partial charge in [-0.1, -0.05) is 39.7 Å². The van der Waals surface area contributed by atoms with Crippen LogP contribution < -0.4 is 11.3 Å². The van der Waals surface area contributed by atoms with Crippen molar-refractivity contribution in [2.45, 2.75) is 19.4 Å². The number of rotatable bonds is 4. The van der Waals surface area contributed by atoms with Gasteiger partial charge in [0, 0.05) is 15.8 Å². The van der Waals surface area contributed by atoms with Crippen LogP contribution in [0.1, 0.15) is 22.0 Å². The van der Waals surface area contributed by atoms with E-state index in [1.807, 2.05) is 12.1 Å². The van der Waals surface area contributed by atoms with E-state index in [1.165, 1.54) is 16.0 Å². The molecule has 5 heteroatoms. The Hall–Kier alpha value is -0.390. The van der Waals surface area contributed by atoms with Gasteiger partial charge in [0.2, 0.25) is 0 Å². The van der Waals surface area contributed by atoms with E-state index in [-0.39, 0.29) is 6.04 Å². The summed E-state index contributed by atoms with van der Waals surface area (Å²) in [5, 5.41) is 0. The molecule has 0 saturated heterocycles. The molecule has 0 saturated carbocycles. The predicted molar refractivity (Wildman–Crippen MR) is 82.0 cm³/mol. The van der Waals surface area contributed by atoms with Crippen molar-refractivity contribution in [2.24, 2.45) is 5.84 Å². The normalized spacial score (nSPS) is 12.7. The molecule has 0 fully saturated rings. The third kappa shape index (κ3) is 3.33. The number of halogens is 2. The fourth-order valence-electron chi connectivity index (χ4n) is 1.76. The highest BCUT2D eigenvalue weighted by Gasteiger charge is 2.12. The van der Waals surface area contributed by atoms with Crippen molar-refractivity contribution < 1.29 is 0 Å². The van der Waals surface area contributed by atoms with Crippen LogP contribution in [-0.2, 0) is 6.42 Å². The summed E-state index contributed by atoms with van der Waals surface area (Å²) in [7, 11) is 0. The summed E-state index contributed by atoms with van der Waals surface area (Å²) in [5.74, 6) is 5.65. The zero-order valence-electron chi connectivity index (χ0n) is 9.91. The van der Waals surface area contributed by atoms with Gasteiger partial charge in [-0.15, -0.1) is 11.3 Å². The Kier molecular flexibility index (Phi) is 4.81. The molecule has 0 aliphatic heterocycles. The molecule has 1 unspecified atom stereocenters. The molecule has 0 aliphatic carbocycles. The Morgan fingerprint density at radius 1 is 1.39 bits per heavy atom. The number of hydrogen-bond donors (Lipinski definition) is 2. The molecule has 3 N–H and O–H groups in total. The van der Waals surface area contributed by atoms with Crippen LogP contribution in [0, 0.1) is 6.92 Å². The maximum atomic E-state index is 5.94. The molecular weight excluding hydrogens is 332 g/mol. The molecule has 1 aromatic heterocycles. The zero-order valence-corrected chi connectivity index (χ0v) is 13.1. The number of benzene rings is 1. The lowest BCUT2D eigenvalue weighted by Gasteiger charge is -2.16. The summed E-state index contributed by atoms with van der Waals surface area (Å²) >= 11 is 11.1. The second kappa shape index (κ2) is 6.17. The van der Waals surface area contributed by atoms with E-state index in [0.717, 1.165) is 15.2 Å². The fraction of sp³-hybridized carbons (Fsp3) is 0.231. The van der Waals surface area contributed by atoms with E-state index in [1.54, 1.807) is 11.3 Å². The Bertz CT molecular complexity index is 542. The van der Waals surface area contributed by atoms with Gasteiger partial charge in [-0.05, 0) is 36.2 Å². The van der Waals surface area contributed by atoms with Gasteiger partial charge in [0.1, 0.15) is 0 Å². The molecule has 0 spiro atoms. The van der Waals surface area contributed by atoms with Crippen LogP contribution >= 0.6 is 38.9 Å². The quantitative estimate of drug-likeness (QED) is 0.643. The van der Waals surface area contributed by atoms with Crippen LogP contribution in [0.2, 0.25) is 4.34 Å². The van der Waals surface area contributed by atoms with E-state index in [4.69, 9.17) is 17.4 Å². The van der Waals surface area contributed by atoms with Crippen LogP contribution in [0.15, 0.2) is 34.8 Å². The zero-order chi connectivity index (χ0) is 13.1. The molecule has 0 aliphatic rings. The largest absolute Gasteiger partial charge is 0.271 e. The van der Waals surface area contributed by atoms with E-state index in [2.05, 4.69) is 46.5 Å². The molecule has 1 atom stereocenters. The van der Waals surface area contributed by atoms with E-state index < -0.39 is 0 Å². The van der Waals surface area contributed by atoms with Crippen molar-refractivity contribution in [3.63, 3.8) is 0 Å². The molecular formula is C13H14BrClN2S. The van der Waals surface area contributed by atoms with Crippen LogP contribution in [0.3, 0.4) is 0 Å². The van der Waals surface area contributed by atoms with E-state index in [0.29, 0.717) is 0 Å². The van der Waals surface area contributed by atoms with E-state index in [9.17, 15) is 0 Å². The van der Waals surface area contributed by atoms with Crippen molar-refractivity contribution in [1.29, 1.82) is 0 Å². The molecule has 1 heterocycles. The maximum absolute atomic E-state index is 5.94. The number of aryl methyl sites for hydroxylation is 1.